The number of alkyl halides is 3. The lowest BCUT2D eigenvalue weighted by Crippen LogP contribution is -2.42. The van der Waals surface area contributed by atoms with Crippen molar-refractivity contribution < 1.29 is 32.0 Å². The summed E-state index contributed by atoms with van der Waals surface area (Å²) in [5.74, 6) is -1.48. The molecule has 0 spiro atoms. The summed E-state index contributed by atoms with van der Waals surface area (Å²) in [5.41, 5.74) is 2.56. The fraction of sp³-hybridized carbons (Fsp3) is 0.160. The van der Waals surface area contributed by atoms with E-state index in [0.29, 0.717) is 27.6 Å². The molecule has 1 aliphatic heterocycles. The quantitative estimate of drug-likeness (QED) is 0.187. The Morgan fingerprint density at radius 2 is 1.76 bits per heavy atom. The van der Waals surface area contributed by atoms with E-state index < -0.39 is 39.1 Å². The van der Waals surface area contributed by atoms with E-state index in [1.165, 1.54) is 25.4 Å². The third kappa shape index (κ3) is 4.97. The fourth-order valence-electron chi connectivity index (χ4n) is 3.92. The Morgan fingerprint density at radius 1 is 1.11 bits per heavy atom. The Hall–Kier alpha value is -3.31. The zero-order chi connectivity index (χ0) is 27.0. The predicted molar refractivity (Wildman–Crippen MR) is 132 cm³/mol. The van der Waals surface area contributed by atoms with Crippen LogP contribution in [-0.2, 0) is 15.3 Å². The van der Waals surface area contributed by atoms with Crippen molar-refractivity contribution >= 4 is 45.6 Å². The second-order valence-corrected chi connectivity index (χ2v) is 8.88. The summed E-state index contributed by atoms with van der Waals surface area (Å²) in [5, 5.41) is 2.45. The topological polar surface area (TPSA) is 71.6 Å². The number of benzene rings is 3. The number of fused-ring (bicyclic) bond motifs is 1. The molecule has 0 bridgehead atoms. The highest BCUT2D eigenvalue weighted by atomic mass is 35.5. The molecule has 1 amide bonds. The molecule has 12 heteroatoms. The predicted octanol–water partition coefficient (Wildman–Crippen LogP) is 6.36. The van der Waals surface area contributed by atoms with Gasteiger partial charge in [-0.15, -0.1) is 0 Å². The molecule has 3 N–H and O–H groups in total. The van der Waals surface area contributed by atoms with Crippen LogP contribution >= 0.6 is 23.2 Å². The number of carbonyl (C=O) groups is 1. The number of hydrogen-bond donors (Lipinski definition) is 3. The first kappa shape index (κ1) is 26.7. The second kappa shape index (κ2) is 10.2. The zero-order valence-electron chi connectivity index (χ0n) is 19.3. The molecular formula is C25H19Cl2F4N3O3. The van der Waals surface area contributed by atoms with Crippen molar-refractivity contribution in [2.45, 2.75) is 18.7 Å². The van der Waals surface area contributed by atoms with Gasteiger partial charge in [0.25, 0.3) is 5.91 Å². The van der Waals surface area contributed by atoms with E-state index >= 15 is 0 Å². The lowest BCUT2D eigenvalue weighted by Gasteiger charge is -2.28. The van der Waals surface area contributed by atoms with Crippen LogP contribution in [0.2, 0.25) is 10.0 Å². The monoisotopic (exact) mass is 555 g/mol. The van der Waals surface area contributed by atoms with E-state index in [1.807, 2.05) is 0 Å². The molecule has 4 rings (SSSR count). The molecule has 0 aromatic heterocycles. The van der Waals surface area contributed by atoms with Gasteiger partial charge in [-0.2, -0.15) is 13.2 Å². The Balaban J connectivity index is 1.81. The number of carbonyl (C=O) groups excluding carboxylic acids is 1. The minimum atomic E-state index is -4.97. The van der Waals surface area contributed by atoms with Gasteiger partial charge >= 0.3 is 6.18 Å². The van der Waals surface area contributed by atoms with Crippen LogP contribution in [0.15, 0.2) is 66.5 Å². The lowest BCUT2D eigenvalue weighted by atomic mass is 9.90. The summed E-state index contributed by atoms with van der Waals surface area (Å²) in [4.78, 5) is 22.7. The van der Waals surface area contributed by atoms with Crippen LogP contribution in [0.1, 0.15) is 28.4 Å². The molecule has 0 aliphatic carbocycles. The van der Waals surface area contributed by atoms with Gasteiger partial charge in [0, 0.05) is 22.9 Å². The molecule has 194 valence electrons. The van der Waals surface area contributed by atoms with Gasteiger partial charge < -0.3 is 5.32 Å². The van der Waals surface area contributed by atoms with Gasteiger partial charge in [0.15, 0.2) is 5.82 Å². The zero-order valence-corrected chi connectivity index (χ0v) is 20.8. The number of halogens is 6. The minimum Gasteiger partial charge on any atom is -0.327 e. The highest BCUT2D eigenvalue weighted by Gasteiger charge is 2.60. The van der Waals surface area contributed by atoms with Gasteiger partial charge in [-0.3, -0.25) is 25.4 Å². The molecule has 1 aliphatic rings. The maximum atomic E-state index is 14.4. The first-order valence-corrected chi connectivity index (χ1v) is 11.4. The van der Waals surface area contributed by atoms with Gasteiger partial charge in [0.05, 0.1) is 28.5 Å². The highest BCUT2D eigenvalue weighted by molar-refractivity contribution is 6.35. The van der Waals surface area contributed by atoms with E-state index in [0.717, 1.165) is 18.2 Å². The molecule has 6 nitrogen and oxygen atoms in total. The van der Waals surface area contributed by atoms with Crippen LogP contribution in [0, 0.1) is 5.82 Å². The van der Waals surface area contributed by atoms with Crippen molar-refractivity contribution in [1.82, 2.24) is 16.3 Å². The number of nitrogens with one attached hydrogen (secondary N) is 3. The second-order valence-electron chi connectivity index (χ2n) is 8.06. The molecule has 3 aromatic rings. The van der Waals surface area contributed by atoms with E-state index in [2.05, 4.69) is 16.3 Å². The van der Waals surface area contributed by atoms with Crippen LogP contribution < -0.4 is 16.3 Å². The smallest absolute Gasteiger partial charge is 0.327 e. The van der Waals surface area contributed by atoms with Crippen LogP contribution in [0.25, 0.3) is 16.5 Å². The summed E-state index contributed by atoms with van der Waals surface area (Å²) < 4.78 is 57.1. The van der Waals surface area contributed by atoms with Crippen molar-refractivity contribution in [1.29, 1.82) is 0 Å². The van der Waals surface area contributed by atoms with Crippen LogP contribution in [-0.4, -0.2) is 19.2 Å². The third-order valence-corrected chi connectivity index (χ3v) is 6.20. The summed E-state index contributed by atoms with van der Waals surface area (Å²) in [7, 11) is 1.42. The summed E-state index contributed by atoms with van der Waals surface area (Å²) in [6.07, 6.45) is -2.72. The van der Waals surface area contributed by atoms with Crippen molar-refractivity contribution in [2.75, 3.05) is 7.11 Å². The molecule has 0 saturated heterocycles. The standard InChI is InChI=1S/C25H19Cl2F4N3O3/c1-13(33-36-2)12-32-23(35)18-8-7-17(15-5-3-4-6-16(15)18)21-11-24(37-34-21,25(29,30)31)14-9-19(26)22(28)20(27)10-14/h3-12,33-34H,1-2H3,(H,32,35)/b13-12+. The third-order valence-electron chi connectivity index (χ3n) is 5.65. The normalized spacial score (nSPS) is 17.9. The molecule has 37 heavy (non-hydrogen) atoms. The van der Waals surface area contributed by atoms with E-state index in [1.54, 1.807) is 31.2 Å². The number of rotatable bonds is 6. The molecule has 1 unspecified atom stereocenters. The average Bonchev–Trinajstić information content (AvgIpc) is 3.32. The summed E-state index contributed by atoms with van der Waals surface area (Å²) >= 11 is 11.5. The molecule has 0 fully saturated rings. The highest BCUT2D eigenvalue weighted by Crippen LogP contribution is 2.49. The summed E-state index contributed by atoms with van der Waals surface area (Å²) in [6.45, 7) is 1.68. The van der Waals surface area contributed by atoms with Crippen LogP contribution in [0.3, 0.4) is 0 Å². The number of hydroxylamine groups is 2. The van der Waals surface area contributed by atoms with Gasteiger partial charge in [0.1, 0.15) is 0 Å². The first-order valence-electron chi connectivity index (χ1n) is 10.7. The number of allylic oxidation sites excluding steroid dienone is 1. The summed E-state index contributed by atoms with van der Waals surface area (Å²) in [6, 6.07) is 11.3. The Morgan fingerprint density at radius 3 is 2.38 bits per heavy atom. The number of hydrogen-bond acceptors (Lipinski definition) is 5. The van der Waals surface area contributed by atoms with Gasteiger partial charge in [-0.1, -0.05) is 53.5 Å². The maximum Gasteiger partial charge on any atom is 0.428 e. The Bertz CT molecular complexity index is 1420. The fourth-order valence-corrected chi connectivity index (χ4v) is 4.41. The van der Waals surface area contributed by atoms with Crippen LogP contribution in [0.4, 0.5) is 17.6 Å². The first-order chi connectivity index (χ1) is 17.5. The molecule has 0 radical (unpaired) electrons. The minimum absolute atomic E-state index is 0.0166. The van der Waals surface area contributed by atoms with E-state index in [-0.39, 0.29) is 5.70 Å². The molecule has 1 atom stereocenters. The lowest BCUT2D eigenvalue weighted by molar-refractivity contribution is -0.269. The van der Waals surface area contributed by atoms with E-state index in [9.17, 15) is 22.4 Å². The molecule has 0 saturated carbocycles. The van der Waals surface area contributed by atoms with E-state index in [4.69, 9.17) is 32.9 Å². The van der Waals surface area contributed by atoms with Gasteiger partial charge in [-0.25, -0.2) is 4.39 Å². The van der Waals surface area contributed by atoms with Crippen molar-refractivity contribution in [3.63, 3.8) is 0 Å². The Labute approximate surface area is 218 Å². The molecular weight excluding hydrogens is 537 g/mol. The van der Waals surface area contributed by atoms with Gasteiger partial charge in [-0.05, 0) is 42.0 Å². The average molecular weight is 556 g/mol. The van der Waals surface area contributed by atoms with Gasteiger partial charge in [0.2, 0.25) is 5.60 Å². The van der Waals surface area contributed by atoms with Crippen molar-refractivity contribution in [2.24, 2.45) is 0 Å². The largest absolute Gasteiger partial charge is 0.428 e. The van der Waals surface area contributed by atoms with Crippen molar-refractivity contribution in [3.8, 4) is 0 Å². The van der Waals surface area contributed by atoms with Crippen LogP contribution in [0.5, 0.6) is 0 Å². The molecule has 3 aromatic carbocycles. The number of amides is 1. The molecule has 1 heterocycles. The maximum absolute atomic E-state index is 14.4. The van der Waals surface area contributed by atoms with Crippen molar-refractivity contribution in [3.05, 3.63) is 99.1 Å². The SMILES string of the molecule is CON/C(C)=C/NC(=O)c1ccc(C2=CC(c3cc(Cl)c(F)c(Cl)c3)(C(F)(F)F)ON2)c2ccccc12. The Kier molecular flexibility index (Phi) is 7.38.